The van der Waals surface area contributed by atoms with Crippen LogP contribution in [0.25, 0.3) is 30.9 Å². The molecule has 0 N–H and O–H groups in total. The van der Waals surface area contributed by atoms with Gasteiger partial charge in [0, 0.05) is 0 Å². The van der Waals surface area contributed by atoms with Crippen molar-refractivity contribution in [2.45, 2.75) is 10.0 Å². The molecular weight excluding hydrogens is 486 g/mol. The summed E-state index contributed by atoms with van der Waals surface area (Å²) >= 11 is -3.41. The van der Waals surface area contributed by atoms with Crippen LogP contribution < -0.4 is 3.27 Å². The molecule has 159 valence electrons. The molecule has 0 bridgehead atoms. The van der Waals surface area contributed by atoms with Crippen molar-refractivity contribution < 1.29 is 19.5 Å². The molecule has 0 saturated heterocycles. The third-order valence-electron chi connectivity index (χ3n) is 7.92. The van der Waals surface area contributed by atoms with Gasteiger partial charge in [0.2, 0.25) is 0 Å². The Kier molecular flexibility index (Phi) is 4.68. The van der Waals surface area contributed by atoms with Crippen molar-refractivity contribution in [3.8, 4) is 0 Å². The molecular formula is C32H24BZr. The number of fused-ring (bicyclic) bond motifs is 6. The first kappa shape index (κ1) is 20.4. The normalized spacial score (nSPS) is 18.0. The Balaban J connectivity index is 1.49. The summed E-state index contributed by atoms with van der Waals surface area (Å²) in [4.78, 5) is 5.23. The van der Waals surface area contributed by atoms with E-state index in [1.165, 1.54) is 47.1 Å². The van der Waals surface area contributed by atoms with E-state index in [9.17, 15) is 0 Å². The van der Waals surface area contributed by atoms with Gasteiger partial charge in [-0.3, -0.25) is 0 Å². The fourth-order valence-corrected chi connectivity index (χ4v) is 16.6. The zero-order valence-corrected chi connectivity index (χ0v) is 21.5. The third kappa shape index (κ3) is 2.88. The van der Waals surface area contributed by atoms with Gasteiger partial charge in [0.05, 0.1) is 0 Å². The maximum atomic E-state index is 5.23. The molecule has 5 aromatic rings. The topological polar surface area (TPSA) is 0 Å². The van der Waals surface area contributed by atoms with Gasteiger partial charge in [-0.25, -0.2) is 0 Å². The van der Waals surface area contributed by atoms with Crippen molar-refractivity contribution >= 4 is 39.1 Å². The number of hydrogen-bond donors (Lipinski definition) is 0. The standard InChI is InChI=1S/C17H11.C9H7.C6H5.BH.Zr/c1-2-6-15-12(4-1)8-10-14-11-9-13-5-3-7-16(13)17(14)15;1-2-5-9-7-3-6-8(9)4-1;1-2-4-6-5-3-1;;/h1-4,6,8-11H,7H2;1-7H;1-5H;1H;. The first-order valence-corrected chi connectivity index (χ1v) is 17.7. The Morgan fingerprint density at radius 3 is 2.35 bits per heavy atom. The number of hydrogen-bond acceptors (Lipinski definition) is 0. The van der Waals surface area contributed by atoms with E-state index < -0.39 is 19.5 Å². The van der Waals surface area contributed by atoms with E-state index in [1.54, 1.807) is 3.28 Å². The molecule has 0 aliphatic heterocycles. The summed E-state index contributed by atoms with van der Waals surface area (Å²) in [6.07, 6.45) is 8.31. The molecule has 0 spiro atoms. The first-order chi connectivity index (χ1) is 16.7. The van der Waals surface area contributed by atoms with Gasteiger partial charge in [-0.15, -0.1) is 0 Å². The number of allylic oxidation sites excluding steroid dienone is 2. The van der Waals surface area contributed by atoms with Crippen LogP contribution in [0.2, 0.25) is 0 Å². The van der Waals surface area contributed by atoms with Gasteiger partial charge in [0.25, 0.3) is 0 Å². The Bertz CT molecular complexity index is 1710. The maximum absolute atomic E-state index is 5.23. The molecule has 2 aliphatic carbocycles. The van der Waals surface area contributed by atoms with Crippen LogP contribution in [0.4, 0.5) is 0 Å². The fraction of sp³-hybridized carbons (Fsp3) is 0.0625. The second kappa shape index (κ2) is 7.79. The average Bonchev–Trinajstić information content (AvgIpc) is 3.54. The molecule has 0 heterocycles. The van der Waals surface area contributed by atoms with E-state index in [0.717, 1.165) is 6.42 Å². The van der Waals surface area contributed by atoms with Crippen molar-refractivity contribution in [3.63, 3.8) is 0 Å². The fourth-order valence-electron chi connectivity index (χ4n) is 6.29. The molecule has 7 rings (SSSR count). The summed E-state index contributed by atoms with van der Waals surface area (Å²) in [6.45, 7) is 0. The van der Waals surface area contributed by atoms with Gasteiger partial charge >= 0.3 is 206 Å². The number of rotatable bonds is 3. The van der Waals surface area contributed by atoms with E-state index in [0.29, 0.717) is 3.63 Å². The van der Waals surface area contributed by atoms with Gasteiger partial charge in [-0.2, -0.15) is 0 Å². The van der Waals surface area contributed by atoms with Gasteiger partial charge in [-0.1, -0.05) is 0 Å². The van der Waals surface area contributed by atoms with Crippen LogP contribution in [-0.4, -0.2) is 4.94 Å². The second-order valence-corrected chi connectivity index (χ2v) is 18.6. The zero-order chi connectivity index (χ0) is 22.7. The van der Waals surface area contributed by atoms with Crippen molar-refractivity contribution in [1.29, 1.82) is 0 Å². The summed E-state index contributed by atoms with van der Waals surface area (Å²) in [5.41, 5.74) is 5.74. The van der Waals surface area contributed by atoms with Gasteiger partial charge in [-0.05, 0) is 0 Å². The summed E-state index contributed by atoms with van der Waals surface area (Å²) in [7, 11) is 0. The van der Waals surface area contributed by atoms with Crippen molar-refractivity contribution in [2.24, 2.45) is 0 Å². The van der Waals surface area contributed by atoms with E-state index in [1.807, 2.05) is 0 Å². The van der Waals surface area contributed by atoms with Crippen LogP contribution in [0.3, 0.4) is 0 Å². The quantitative estimate of drug-likeness (QED) is 0.182. The summed E-state index contributed by atoms with van der Waals surface area (Å²) in [6, 6.07) is 38.2. The van der Waals surface area contributed by atoms with Crippen LogP contribution in [0.1, 0.15) is 25.9 Å². The van der Waals surface area contributed by atoms with E-state index in [-0.39, 0.29) is 0 Å². The molecule has 2 atom stereocenters. The monoisotopic (exact) mass is 509 g/mol. The predicted molar refractivity (Wildman–Crippen MR) is 145 cm³/mol. The number of benzene rings is 5. The average molecular weight is 511 g/mol. The predicted octanol–water partition coefficient (Wildman–Crippen LogP) is 6.95. The van der Waals surface area contributed by atoms with Gasteiger partial charge in [0.15, 0.2) is 0 Å². The van der Waals surface area contributed by atoms with Crippen molar-refractivity contribution in [1.82, 2.24) is 0 Å². The first-order valence-electron chi connectivity index (χ1n) is 12.1. The molecule has 2 unspecified atom stereocenters. The third-order valence-corrected chi connectivity index (χ3v) is 18.6. The zero-order valence-electron chi connectivity index (χ0n) is 19.0. The molecule has 2 heteroatoms. The van der Waals surface area contributed by atoms with E-state index >= 15 is 0 Å². The minimum atomic E-state index is -3.41. The van der Waals surface area contributed by atoms with Crippen LogP contribution in [-0.2, 0) is 26.0 Å². The summed E-state index contributed by atoms with van der Waals surface area (Å²) in [5, 5.41) is 5.44. The van der Waals surface area contributed by atoms with E-state index in [2.05, 4.69) is 121 Å². The van der Waals surface area contributed by atoms with E-state index in [4.69, 9.17) is 4.94 Å². The van der Waals surface area contributed by atoms with Gasteiger partial charge < -0.3 is 0 Å². The van der Waals surface area contributed by atoms with Crippen molar-refractivity contribution in [3.05, 3.63) is 138 Å². The molecule has 0 aromatic heterocycles. The molecule has 5 aromatic carbocycles. The van der Waals surface area contributed by atoms with Crippen LogP contribution >= 0.6 is 0 Å². The van der Waals surface area contributed by atoms with Crippen LogP contribution in [0.5, 0.6) is 0 Å². The van der Waals surface area contributed by atoms with Crippen LogP contribution in [0, 0.1) is 0 Å². The molecule has 0 saturated carbocycles. The molecule has 2 aliphatic rings. The van der Waals surface area contributed by atoms with Crippen molar-refractivity contribution in [2.75, 3.05) is 0 Å². The Hall–Kier alpha value is -2.95. The SMILES string of the molecule is [BH]=[Zr]([C]1=CCc2c1ccc1ccc3ccccc3c21)([c]1ccccc1)[CH]1C=Cc2ccccc21. The Morgan fingerprint density at radius 2 is 1.44 bits per heavy atom. The Morgan fingerprint density at radius 1 is 0.706 bits per heavy atom. The van der Waals surface area contributed by atoms with Crippen LogP contribution in [0.15, 0.2) is 115 Å². The molecule has 0 nitrogen and oxygen atoms in total. The van der Waals surface area contributed by atoms with Gasteiger partial charge in [0.1, 0.15) is 0 Å². The molecule has 0 radical (unpaired) electrons. The summed E-state index contributed by atoms with van der Waals surface area (Å²) < 4.78 is 3.42. The minimum absolute atomic E-state index is 0.397. The molecule has 34 heavy (non-hydrogen) atoms. The molecule has 0 amide bonds. The second-order valence-electron chi connectivity index (χ2n) is 9.60. The summed E-state index contributed by atoms with van der Waals surface area (Å²) in [5.74, 6) is 0. The Labute approximate surface area is 205 Å². The molecule has 0 fully saturated rings.